The Labute approximate surface area is 185 Å². The Hall–Kier alpha value is -2.71. The van der Waals surface area contributed by atoms with Gasteiger partial charge in [-0.15, -0.1) is 11.8 Å². The van der Waals surface area contributed by atoms with E-state index < -0.39 is 5.79 Å². The molecule has 2 N–H and O–H groups in total. The van der Waals surface area contributed by atoms with Crippen LogP contribution in [0.25, 0.3) is 0 Å². The SMILES string of the molecule is COCCNC(=O)CSc1ccccc1C(=O)Nc1ccc2c(c1)OC1(CCCC1)O2. The minimum absolute atomic E-state index is 0.103. The van der Waals surface area contributed by atoms with Gasteiger partial charge in [0.2, 0.25) is 5.91 Å². The number of carbonyl (C=O) groups is 2. The number of rotatable bonds is 8. The van der Waals surface area contributed by atoms with E-state index in [1.807, 2.05) is 24.3 Å². The van der Waals surface area contributed by atoms with E-state index in [0.29, 0.717) is 30.2 Å². The van der Waals surface area contributed by atoms with Crippen LogP contribution in [-0.2, 0) is 9.53 Å². The van der Waals surface area contributed by atoms with Crippen molar-refractivity contribution >= 4 is 29.3 Å². The number of nitrogens with one attached hydrogen (secondary N) is 2. The van der Waals surface area contributed by atoms with E-state index in [9.17, 15) is 9.59 Å². The van der Waals surface area contributed by atoms with Gasteiger partial charge in [-0.1, -0.05) is 12.1 Å². The van der Waals surface area contributed by atoms with Crippen LogP contribution in [0.15, 0.2) is 47.4 Å². The van der Waals surface area contributed by atoms with Gasteiger partial charge in [0.05, 0.1) is 17.9 Å². The number of hydrogen-bond donors (Lipinski definition) is 2. The summed E-state index contributed by atoms with van der Waals surface area (Å²) in [6.07, 6.45) is 3.95. The van der Waals surface area contributed by atoms with Crippen LogP contribution in [0.4, 0.5) is 5.69 Å². The molecule has 31 heavy (non-hydrogen) atoms. The van der Waals surface area contributed by atoms with Crippen LogP contribution in [0.2, 0.25) is 0 Å². The van der Waals surface area contributed by atoms with E-state index in [-0.39, 0.29) is 17.6 Å². The van der Waals surface area contributed by atoms with Gasteiger partial charge in [-0.05, 0) is 37.1 Å². The first kappa shape index (κ1) is 21.5. The van der Waals surface area contributed by atoms with Gasteiger partial charge < -0.3 is 24.8 Å². The second-order valence-corrected chi connectivity index (χ2v) is 8.58. The summed E-state index contributed by atoms with van der Waals surface area (Å²) in [7, 11) is 1.59. The van der Waals surface area contributed by atoms with Crippen LogP contribution in [0.1, 0.15) is 36.0 Å². The summed E-state index contributed by atoms with van der Waals surface area (Å²) in [5.74, 6) is 0.731. The molecule has 1 fully saturated rings. The Balaban J connectivity index is 1.39. The molecule has 7 nitrogen and oxygen atoms in total. The molecule has 0 bridgehead atoms. The smallest absolute Gasteiger partial charge is 0.256 e. The Morgan fingerprint density at radius 1 is 1.10 bits per heavy atom. The molecule has 0 saturated heterocycles. The minimum Gasteiger partial charge on any atom is -0.448 e. The van der Waals surface area contributed by atoms with Crippen molar-refractivity contribution in [2.75, 3.05) is 31.3 Å². The number of carbonyl (C=O) groups excluding carboxylic acids is 2. The maximum atomic E-state index is 12.9. The molecule has 164 valence electrons. The first-order valence-corrected chi connectivity index (χ1v) is 11.4. The highest BCUT2D eigenvalue weighted by Crippen LogP contribution is 2.47. The topological polar surface area (TPSA) is 85.9 Å². The molecule has 0 radical (unpaired) electrons. The molecule has 1 spiro atoms. The highest BCUT2D eigenvalue weighted by molar-refractivity contribution is 8.00. The van der Waals surface area contributed by atoms with E-state index in [1.54, 1.807) is 25.3 Å². The second kappa shape index (κ2) is 9.62. The van der Waals surface area contributed by atoms with Gasteiger partial charge in [0, 0.05) is 43.1 Å². The molecule has 1 heterocycles. The molecule has 1 saturated carbocycles. The number of hydrogen-bond acceptors (Lipinski definition) is 6. The van der Waals surface area contributed by atoms with Crippen LogP contribution < -0.4 is 20.1 Å². The summed E-state index contributed by atoms with van der Waals surface area (Å²) in [5, 5.41) is 5.71. The number of benzene rings is 2. The molecule has 2 aromatic rings. The lowest BCUT2D eigenvalue weighted by atomic mass is 10.2. The monoisotopic (exact) mass is 442 g/mol. The van der Waals surface area contributed by atoms with E-state index in [4.69, 9.17) is 14.2 Å². The standard InChI is InChI=1S/C23H26N2O5S/c1-28-13-12-24-21(26)15-31-20-7-3-2-6-17(20)22(27)25-16-8-9-18-19(14-16)30-23(29-18)10-4-5-11-23/h2-3,6-9,14H,4-5,10-13,15H2,1H3,(H,24,26)(H,25,27). The molecule has 2 amide bonds. The number of thioether (sulfide) groups is 1. The minimum atomic E-state index is -0.530. The number of anilines is 1. The molecule has 1 aliphatic heterocycles. The quantitative estimate of drug-likeness (QED) is 0.477. The lowest BCUT2D eigenvalue weighted by Crippen LogP contribution is -2.34. The Morgan fingerprint density at radius 3 is 2.68 bits per heavy atom. The summed E-state index contributed by atoms with van der Waals surface area (Å²) in [5.41, 5.74) is 1.15. The van der Waals surface area contributed by atoms with Crippen molar-refractivity contribution in [3.05, 3.63) is 48.0 Å². The van der Waals surface area contributed by atoms with Crippen molar-refractivity contribution in [1.29, 1.82) is 0 Å². The van der Waals surface area contributed by atoms with E-state index in [1.165, 1.54) is 11.8 Å². The molecule has 2 aliphatic rings. The van der Waals surface area contributed by atoms with Crippen molar-refractivity contribution < 1.29 is 23.8 Å². The van der Waals surface area contributed by atoms with Gasteiger partial charge in [0.15, 0.2) is 11.5 Å². The third-order valence-corrected chi connectivity index (χ3v) is 6.35. The van der Waals surface area contributed by atoms with E-state index >= 15 is 0 Å². The molecule has 0 aromatic heterocycles. The lowest BCUT2D eigenvalue weighted by Gasteiger charge is -2.21. The average Bonchev–Trinajstić information content (AvgIpc) is 3.38. The lowest BCUT2D eigenvalue weighted by molar-refractivity contribution is -0.118. The van der Waals surface area contributed by atoms with Crippen LogP contribution in [-0.4, -0.2) is 43.6 Å². The molecule has 8 heteroatoms. The van der Waals surface area contributed by atoms with Crippen LogP contribution >= 0.6 is 11.8 Å². The maximum Gasteiger partial charge on any atom is 0.256 e. The van der Waals surface area contributed by atoms with Gasteiger partial charge in [0.1, 0.15) is 0 Å². The van der Waals surface area contributed by atoms with Gasteiger partial charge in [-0.3, -0.25) is 9.59 Å². The van der Waals surface area contributed by atoms with Crippen LogP contribution in [0.5, 0.6) is 11.5 Å². The predicted molar refractivity (Wildman–Crippen MR) is 119 cm³/mol. The highest BCUT2D eigenvalue weighted by Gasteiger charge is 2.44. The number of amides is 2. The zero-order valence-electron chi connectivity index (χ0n) is 17.4. The number of ether oxygens (including phenoxy) is 3. The fourth-order valence-electron chi connectivity index (χ4n) is 3.75. The molecule has 1 aliphatic carbocycles. The van der Waals surface area contributed by atoms with Gasteiger partial charge in [-0.2, -0.15) is 0 Å². The summed E-state index contributed by atoms with van der Waals surface area (Å²) in [6, 6.07) is 12.7. The zero-order chi connectivity index (χ0) is 21.7. The first-order valence-electron chi connectivity index (χ1n) is 10.4. The molecule has 2 aromatic carbocycles. The summed E-state index contributed by atoms with van der Waals surface area (Å²) in [4.78, 5) is 25.6. The third kappa shape index (κ3) is 5.14. The highest BCUT2D eigenvalue weighted by atomic mass is 32.2. The van der Waals surface area contributed by atoms with Gasteiger partial charge in [0.25, 0.3) is 11.7 Å². The molecule has 0 atom stereocenters. The van der Waals surface area contributed by atoms with E-state index in [0.717, 1.165) is 36.3 Å². The first-order chi connectivity index (χ1) is 15.1. The summed E-state index contributed by atoms with van der Waals surface area (Å²) in [6.45, 7) is 0.926. The predicted octanol–water partition coefficient (Wildman–Crippen LogP) is 3.84. The van der Waals surface area contributed by atoms with Gasteiger partial charge in [-0.25, -0.2) is 0 Å². The molecule has 0 unspecified atom stereocenters. The fourth-order valence-corrected chi connectivity index (χ4v) is 4.63. The second-order valence-electron chi connectivity index (χ2n) is 7.57. The van der Waals surface area contributed by atoms with Crippen LogP contribution in [0, 0.1) is 0 Å². The average molecular weight is 443 g/mol. The normalized spacial score (nSPS) is 15.8. The van der Waals surface area contributed by atoms with Crippen molar-refractivity contribution in [2.24, 2.45) is 0 Å². The molecular formula is C23H26N2O5S. The third-order valence-electron chi connectivity index (χ3n) is 5.28. The largest absolute Gasteiger partial charge is 0.448 e. The zero-order valence-corrected chi connectivity index (χ0v) is 18.3. The molecular weight excluding hydrogens is 416 g/mol. The van der Waals surface area contributed by atoms with E-state index in [2.05, 4.69) is 10.6 Å². The van der Waals surface area contributed by atoms with Crippen molar-refractivity contribution in [2.45, 2.75) is 36.4 Å². The fraction of sp³-hybridized carbons (Fsp3) is 0.391. The maximum absolute atomic E-state index is 12.9. The van der Waals surface area contributed by atoms with Crippen molar-refractivity contribution in [3.8, 4) is 11.5 Å². The van der Waals surface area contributed by atoms with Crippen molar-refractivity contribution in [3.63, 3.8) is 0 Å². The Morgan fingerprint density at radius 2 is 1.87 bits per heavy atom. The Bertz CT molecular complexity index is 959. The summed E-state index contributed by atoms with van der Waals surface area (Å²) < 4.78 is 17.0. The van der Waals surface area contributed by atoms with Crippen LogP contribution in [0.3, 0.4) is 0 Å². The number of fused-ring (bicyclic) bond motifs is 1. The molecule has 4 rings (SSSR count). The Kier molecular flexibility index (Phi) is 6.67. The van der Waals surface area contributed by atoms with Crippen molar-refractivity contribution in [1.82, 2.24) is 5.32 Å². The summed E-state index contributed by atoms with van der Waals surface area (Å²) >= 11 is 1.33. The number of methoxy groups -OCH3 is 1. The van der Waals surface area contributed by atoms with Gasteiger partial charge >= 0.3 is 0 Å².